The number of ether oxygens (including phenoxy) is 1. The van der Waals surface area contributed by atoms with E-state index >= 15 is 0 Å². The first-order valence-electron chi connectivity index (χ1n) is 9.21. The SMILES string of the molecule is C[C@H](Cc1ccccc1[N+](=O)[O-])[C@H](C)N[C@@H]1CCO[C@H]1c1ccccc1. The van der Waals surface area contributed by atoms with E-state index in [-0.39, 0.29) is 34.7 Å². The van der Waals surface area contributed by atoms with Crippen LogP contribution in [0.1, 0.15) is 37.5 Å². The minimum absolute atomic E-state index is 0.0666. The Bertz CT molecular complexity index is 735. The molecule has 1 aliphatic heterocycles. The molecule has 0 amide bonds. The smallest absolute Gasteiger partial charge is 0.272 e. The number of para-hydroxylation sites is 1. The predicted molar refractivity (Wildman–Crippen MR) is 102 cm³/mol. The van der Waals surface area contributed by atoms with Gasteiger partial charge in [0.25, 0.3) is 5.69 Å². The summed E-state index contributed by atoms with van der Waals surface area (Å²) in [5.41, 5.74) is 2.19. The van der Waals surface area contributed by atoms with Gasteiger partial charge in [0, 0.05) is 30.3 Å². The van der Waals surface area contributed by atoms with Crippen LogP contribution < -0.4 is 5.32 Å². The lowest BCUT2D eigenvalue weighted by molar-refractivity contribution is -0.385. The van der Waals surface area contributed by atoms with Gasteiger partial charge in [0.15, 0.2) is 0 Å². The van der Waals surface area contributed by atoms with E-state index in [1.807, 2.05) is 30.3 Å². The number of benzene rings is 2. The standard InChI is InChI=1S/C21H26N2O3/c1-15(14-18-10-6-7-11-20(18)23(24)25)16(2)22-19-12-13-26-21(19)17-8-4-3-5-9-17/h3-11,15-16,19,21-22H,12-14H2,1-2H3/t15-,16+,19-,21+/m1/s1. The lowest BCUT2D eigenvalue weighted by Crippen LogP contribution is -2.42. The highest BCUT2D eigenvalue weighted by atomic mass is 16.6. The second-order valence-electron chi connectivity index (χ2n) is 7.12. The molecule has 2 aromatic carbocycles. The number of nitrogens with one attached hydrogen (secondary N) is 1. The topological polar surface area (TPSA) is 64.4 Å². The molecule has 0 saturated carbocycles. The molecule has 0 aromatic heterocycles. The third-order valence-corrected chi connectivity index (χ3v) is 5.28. The van der Waals surface area contributed by atoms with E-state index in [1.54, 1.807) is 12.1 Å². The van der Waals surface area contributed by atoms with Gasteiger partial charge in [-0.2, -0.15) is 0 Å². The lowest BCUT2D eigenvalue weighted by Gasteiger charge is -2.28. The highest BCUT2D eigenvalue weighted by Crippen LogP contribution is 2.30. The van der Waals surface area contributed by atoms with Gasteiger partial charge in [-0.3, -0.25) is 10.1 Å². The molecular weight excluding hydrogens is 328 g/mol. The van der Waals surface area contributed by atoms with E-state index in [0.29, 0.717) is 6.42 Å². The van der Waals surface area contributed by atoms with Crippen molar-refractivity contribution < 1.29 is 9.66 Å². The third kappa shape index (κ3) is 4.29. The van der Waals surface area contributed by atoms with E-state index in [2.05, 4.69) is 31.3 Å². The molecule has 4 atom stereocenters. The Kier molecular flexibility index (Phi) is 6.01. The van der Waals surface area contributed by atoms with E-state index in [0.717, 1.165) is 18.6 Å². The maximum Gasteiger partial charge on any atom is 0.272 e. The number of nitrogens with zero attached hydrogens (tertiary/aromatic N) is 1. The zero-order valence-electron chi connectivity index (χ0n) is 15.3. The van der Waals surface area contributed by atoms with Crippen LogP contribution in [0, 0.1) is 16.0 Å². The number of hydrogen-bond acceptors (Lipinski definition) is 4. The lowest BCUT2D eigenvalue weighted by atomic mass is 9.92. The zero-order valence-corrected chi connectivity index (χ0v) is 15.3. The van der Waals surface area contributed by atoms with Gasteiger partial charge < -0.3 is 10.1 Å². The molecule has 1 N–H and O–H groups in total. The summed E-state index contributed by atoms with van der Waals surface area (Å²) in [5, 5.41) is 14.9. The normalized spacial score (nSPS) is 22.1. The van der Waals surface area contributed by atoms with Gasteiger partial charge in [-0.15, -0.1) is 0 Å². The zero-order chi connectivity index (χ0) is 18.5. The van der Waals surface area contributed by atoms with Crippen molar-refractivity contribution in [3.05, 3.63) is 75.8 Å². The average molecular weight is 354 g/mol. The molecule has 0 bridgehead atoms. The minimum Gasteiger partial charge on any atom is -0.372 e. The Morgan fingerprint density at radius 3 is 2.58 bits per heavy atom. The summed E-state index contributed by atoms with van der Waals surface area (Å²) in [4.78, 5) is 10.9. The highest BCUT2D eigenvalue weighted by molar-refractivity contribution is 5.40. The quantitative estimate of drug-likeness (QED) is 0.595. The number of rotatable bonds is 7. The summed E-state index contributed by atoms with van der Waals surface area (Å²) < 4.78 is 5.95. The van der Waals surface area contributed by atoms with Gasteiger partial charge in [-0.1, -0.05) is 55.5 Å². The molecule has 1 fully saturated rings. The molecular formula is C21H26N2O3. The van der Waals surface area contributed by atoms with Crippen LogP contribution in [0.3, 0.4) is 0 Å². The average Bonchev–Trinajstić information content (AvgIpc) is 3.10. The van der Waals surface area contributed by atoms with Crippen molar-refractivity contribution in [1.82, 2.24) is 5.32 Å². The van der Waals surface area contributed by atoms with Crippen LogP contribution in [-0.2, 0) is 11.2 Å². The Morgan fingerprint density at radius 1 is 1.15 bits per heavy atom. The Hall–Kier alpha value is -2.24. The summed E-state index contributed by atoms with van der Waals surface area (Å²) in [7, 11) is 0. The monoisotopic (exact) mass is 354 g/mol. The van der Waals surface area contributed by atoms with Crippen molar-refractivity contribution in [3.63, 3.8) is 0 Å². The van der Waals surface area contributed by atoms with Gasteiger partial charge in [-0.05, 0) is 31.2 Å². The second-order valence-corrected chi connectivity index (χ2v) is 7.12. The van der Waals surface area contributed by atoms with Gasteiger partial charge in [0.2, 0.25) is 0 Å². The first-order chi connectivity index (χ1) is 12.6. The van der Waals surface area contributed by atoms with Crippen LogP contribution in [0.25, 0.3) is 0 Å². The minimum atomic E-state index is -0.295. The summed E-state index contributed by atoms with van der Waals surface area (Å²) in [6, 6.07) is 17.8. The number of hydrogen-bond donors (Lipinski definition) is 1. The molecule has 0 aliphatic carbocycles. The maximum atomic E-state index is 11.2. The molecule has 138 valence electrons. The van der Waals surface area contributed by atoms with Gasteiger partial charge >= 0.3 is 0 Å². The molecule has 0 radical (unpaired) electrons. The molecule has 1 heterocycles. The number of nitro groups is 1. The van der Waals surface area contributed by atoms with Crippen molar-refractivity contribution in [3.8, 4) is 0 Å². The molecule has 5 nitrogen and oxygen atoms in total. The van der Waals surface area contributed by atoms with Gasteiger partial charge in [0.1, 0.15) is 0 Å². The van der Waals surface area contributed by atoms with Crippen molar-refractivity contribution in [2.24, 2.45) is 5.92 Å². The molecule has 0 unspecified atom stereocenters. The molecule has 5 heteroatoms. The molecule has 0 spiro atoms. The van der Waals surface area contributed by atoms with Crippen LogP contribution in [0.15, 0.2) is 54.6 Å². The third-order valence-electron chi connectivity index (χ3n) is 5.28. The first-order valence-corrected chi connectivity index (χ1v) is 9.21. The summed E-state index contributed by atoms with van der Waals surface area (Å²) in [5.74, 6) is 0.271. The van der Waals surface area contributed by atoms with Crippen LogP contribution in [-0.4, -0.2) is 23.6 Å². The second kappa shape index (κ2) is 8.43. The fourth-order valence-corrected chi connectivity index (χ4v) is 3.62. The van der Waals surface area contributed by atoms with Crippen molar-refractivity contribution >= 4 is 5.69 Å². The van der Waals surface area contributed by atoms with E-state index in [1.165, 1.54) is 5.56 Å². The maximum absolute atomic E-state index is 11.2. The van der Waals surface area contributed by atoms with E-state index < -0.39 is 0 Å². The molecule has 3 rings (SSSR count). The van der Waals surface area contributed by atoms with Crippen LogP contribution in [0.2, 0.25) is 0 Å². The van der Waals surface area contributed by atoms with Crippen molar-refractivity contribution in [2.45, 2.75) is 44.9 Å². The predicted octanol–water partition coefficient (Wildman–Crippen LogP) is 4.28. The van der Waals surface area contributed by atoms with Gasteiger partial charge in [0.05, 0.1) is 11.0 Å². The van der Waals surface area contributed by atoms with Crippen LogP contribution in [0.4, 0.5) is 5.69 Å². The van der Waals surface area contributed by atoms with Crippen molar-refractivity contribution in [1.29, 1.82) is 0 Å². The Balaban J connectivity index is 1.64. The van der Waals surface area contributed by atoms with E-state index in [4.69, 9.17) is 4.74 Å². The fraction of sp³-hybridized carbons (Fsp3) is 0.429. The Morgan fingerprint density at radius 2 is 1.85 bits per heavy atom. The van der Waals surface area contributed by atoms with Crippen LogP contribution in [0.5, 0.6) is 0 Å². The van der Waals surface area contributed by atoms with Gasteiger partial charge in [-0.25, -0.2) is 0 Å². The summed E-state index contributed by atoms with van der Waals surface area (Å²) >= 11 is 0. The van der Waals surface area contributed by atoms with Crippen LogP contribution >= 0.6 is 0 Å². The fourth-order valence-electron chi connectivity index (χ4n) is 3.62. The van der Waals surface area contributed by atoms with Crippen molar-refractivity contribution in [2.75, 3.05) is 6.61 Å². The largest absolute Gasteiger partial charge is 0.372 e. The first kappa shape index (κ1) is 18.5. The summed E-state index contributed by atoms with van der Waals surface area (Å²) in [6.07, 6.45) is 1.72. The summed E-state index contributed by atoms with van der Waals surface area (Å²) in [6.45, 7) is 5.05. The molecule has 1 saturated heterocycles. The highest BCUT2D eigenvalue weighted by Gasteiger charge is 2.31. The molecule has 26 heavy (non-hydrogen) atoms. The van der Waals surface area contributed by atoms with E-state index in [9.17, 15) is 10.1 Å². The molecule has 1 aliphatic rings. The molecule has 2 aromatic rings. The number of nitro benzene ring substituents is 1. The Labute approximate surface area is 154 Å².